The number of ketones is 1. The summed E-state index contributed by atoms with van der Waals surface area (Å²) >= 11 is 7.08. The Morgan fingerprint density at radius 2 is 2.33 bits per heavy atom. The number of halogens is 1. The predicted octanol–water partition coefficient (Wildman–Crippen LogP) is 3.44. The molecule has 1 unspecified atom stereocenters. The van der Waals surface area contributed by atoms with Crippen LogP contribution in [-0.4, -0.2) is 29.7 Å². The van der Waals surface area contributed by atoms with Crippen LogP contribution in [0, 0.1) is 11.3 Å². The number of hydrogen-bond donors (Lipinski definition) is 0. The third-order valence-corrected chi connectivity index (χ3v) is 4.73. The monoisotopic (exact) mass is 286 g/mol. The third kappa shape index (κ3) is 2.86. The van der Waals surface area contributed by atoms with Crippen molar-refractivity contribution >= 4 is 33.9 Å². The summed E-state index contributed by atoms with van der Waals surface area (Å²) in [6.07, 6.45) is 1.20. The van der Waals surface area contributed by atoms with E-state index < -0.39 is 0 Å². The largest absolute Gasteiger partial charge is 0.348 e. The highest BCUT2D eigenvalue weighted by Gasteiger charge is 2.32. The number of hydrogen-bond acceptors (Lipinski definition) is 4. The van der Waals surface area contributed by atoms with Gasteiger partial charge in [-0.25, -0.2) is 4.98 Å². The Hall–Kier alpha value is -0.610. The molecule has 0 amide bonds. The lowest BCUT2D eigenvalue weighted by Crippen LogP contribution is -2.25. The minimum atomic E-state index is -0.0919. The second kappa shape index (κ2) is 5.17. The molecule has 0 bridgehead atoms. The van der Waals surface area contributed by atoms with Crippen LogP contribution in [0.25, 0.3) is 0 Å². The highest BCUT2D eigenvalue weighted by molar-refractivity contribution is 7.14. The second-order valence-electron chi connectivity index (χ2n) is 5.87. The summed E-state index contributed by atoms with van der Waals surface area (Å²) in [7, 11) is 0. The molecule has 1 aromatic rings. The molecule has 0 aliphatic carbocycles. The molecule has 0 N–H and O–H groups in total. The van der Waals surface area contributed by atoms with Crippen LogP contribution in [-0.2, 0) is 0 Å². The van der Waals surface area contributed by atoms with Gasteiger partial charge in [-0.15, -0.1) is 22.9 Å². The van der Waals surface area contributed by atoms with E-state index in [9.17, 15) is 4.79 Å². The molecule has 100 valence electrons. The maximum atomic E-state index is 11.5. The first-order valence-corrected chi connectivity index (χ1v) is 7.63. The van der Waals surface area contributed by atoms with Crippen LogP contribution in [0.3, 0.4) is 0 Å². The average molecular weight is 287 g/mol. The van der Waals surface area contributed by atoms with Gasteiger partial charge >= 0.3 is 0 Å². The van der Waals surface area contributed by atoms with Crippen molar-refractivity contribution in [2.75, 3.05) is 23.9 Å². The number of rotatable bonds is 3. The zero-order chi connectivity index (χ0) is 13.3. The van der Waals surface area contributed by atoms with E-state index in [0.29, 0.717) is 17.0 Å². The Kier molecular flexibility index (Phi) is 3.97. The van der Waals surface area contributed by atoms with Crippen LogP contribution >= 0.6 is 22.9 Å². The number of aromatic nitrogens is 1. The Labute approximate surface area is 117 Å². The maximum Gasteiger partial charge on any atom is 0.196 e. The Balaban J connectivity index is 2.06. The van der Waals surface area contributed by atoms with Crippen LogP contribution in [0.1, 0.15) is 37.7 Å². The van der Waals surface area contributed by atoms with E-state index in [1.807, 2.05) is 5.38 Å². The molecule has 0 radical (unpaired) electrons. The van der Waals surface area contributed by atoms with E-state index in [-0.39, 0.29) is 11.7 Å². The second-order valence-corrected chi connectivity index (χ2v) is 6.97. The van der Waals surface area contributed by atoms with Crippen LogP contribution < -0.4 is 4.90 Å². The average Bonchev–Trinajstić information content (AvgIpc) is 2.94. The molecule has 1 saturated heterocycles. The number of Topliss-reactive ketones (excluding diaryl/α,β-unsaturated/α-hetero) is 1. The molecule has 0 saturated carbocycles. The molecule has 5 heteroatoms. The molecular formula is C13H19ClN2OS. The van der Waals surface area contributed by atoms with Crippen molar-refractivity contribution in [3.8, 4) is 0 Å². The van der Waals surface area contributed by atoms with Crippen LogP contribution in [0.4, 0.5) is 5.13 Å². The van der Waals surface area contributed by atoms with Crippen LogP contribution in [0.5, 0.6) is 0 Å². The molecule has 1 aliphatic rings. The van der Waals surface area contributed by atoms with Gasteiger partial charge in [-0.3, -0.25) is 4.79 Å². The highest BCUT2D eigenvalue weighted by Crippen LogP contribution is 2.36. The summed E-state index contributed by atoms with van der Waals surface area (Å²) < 4.78 is 0. The summed E-state index contributed by atoms with van der Waals surface area (Å²) in [5.74, 6) is 0.604. The summed E-state index contributed by atoms with van der Waals surface area (Å²) in [5.41, 5.74) is 0.838. The van der Waals surface area contributed by atoms with E-state index in [2.05, 4.69) is 30.7 Å². The number of alkyl halides is 1. The lowest BCUT2D eigenvalue weighted by molar-refractivity contribution is 0.101. The van der Waals surface area contributed by atoms with Crippen molar-refractivity contribution in [1.82, 2.24) is 4.98 Å². The van der Waals surface area contributed by atoms with Gasteiger partial charge in [-0.1, -0.05) is 20.8 Å². The van der Waals surface area contributed by atoms with Gasteiger partial charge in [-0.05, 0) is 17.8 Å². The van der Waals surface area contributed by atoms with Crippen molar-refractivity contribution in [1.29, 1.82) is 0 Å². The van der Waals surface area contributed by atoms with Gasteiger partial charge in [-0.2, -0.15) is 0 Å². The lowest BCUT2D eigenvalue weighted by Gasteiger charge is -2.26. The van der Waals surface area contributed by atoms with Gasteiger partial charge in [0.05, 0.1) is 5.88 Å². The Morgan fingerprint density at radius 3 is 2.89 bits per heavy atom. The van der Waals surface area contributed by atoms with Gasteiger partial charge in [0.15, 0.2) is 10.9 Å². The number of anilines is 1. The first-order valence-electron chi connectivity index (χ1n) is 6.21. The fourth-order valence-corrected chi connectivity index (χ4v) is 3.25. The molecule has 0 aromatic carbocycles. The van der Waals surface area contributed by atoms with Crippen LogP contribution in [0.2, 0.25) is 0 Å². The summed E-state index contributed by atoms with van der Waals surface area (Å²) in [4.78, 5) is 18.1. The zero-order valence-electron chi connectivity index (χ0n) is 11.1. The number of carbonyl (C=O) groups excluding carboxylic acids is 1. The molecule has 1 aromatic heterocycles. The maximum absolute atomic E-state index is 11.5. The van der Waals surface area contributed by atoms with Crippen LogP contribution in [0.15, 0.2) is 5.38 Å². The first kappa shape index (κ1) is 13.8. The lowest BCUT2D eigenvalue weighted by atomic mass is 9.80. The molecular weight excluding hydrogens is 268 g/mol. The highest BCUT2D eigenvalue weighted by atomic mass is 35.5. The minimum absolute atomic E-state index is 0.00773. The molecule has 0 spiro atoms. The normalized spacial score (nSPS) is 20.4. The Morgan fingerprint density at radius 1 is 1.61 bits per heavy atom. The number of nitrogens with zero attached hydrogens (tertiary/aromatic N) is 2. The van der Waals surface area contributed by atoms with Gasteiger partial charge in [0.25, 0.3) is 0 Å². The number of thiazole rings is 1. The molecule has 2 heterocycles. The van der Waals surface area contributed by atoms with Crippen molar-refractivity contribution in [2.24, 2.45) is 11.3 Å². The first-order chi connectivity index (χ1) is 8.41. The van der Waals surface area contributed by atoms with Crippen molar-refractivity contribution in [3.63, 3.8) is 0 Å². The van der Waals surface area contributed by atoms with E-state index in [4.69, 9.17) is 11.6 Å². The molecule has 1 atom stereocenters. The zero-order valence-corrected chi connectivity index (χ0v) is 12.6. The van der Waals surface area contributed by atoms with Gasteiger partial charge in [0, 0.05) is 18.5 Å². The van der Waals surface area contributed by atoms with Gasteiger partial charge < -0.3 is 4.90 Å². The minimum Gasteiger partial charge on any atom is -0.348 e. The fourth-order valence-electron chi connectivity index (χ4n) is 2.25. The van der Waals surface area contributed by atoms with E-state index >= 15 is 0 Å². The fraction of sp³-hybridized carbons (Fsp3) is 0.692. The van der Waals surface area contributed by atoms with Gasteiger partial charge in [0.1, 0.15) is 5.69 Å². The topological polar surface area (TPSA) is 33.2 Å². The van der Waals surface area contributed by atoms with Crippen molar-refractivity contribution in [2.45, 2.75) is 27.2 Å². The molecule has 2 rings (SSSR count). The molecule has 1 aliphatic heterocycles. The van der Waals surface area contributed by atoms with Crippen molar-refractivity contribution < 1.29 is 4.79 Å². The predicted molar refractivity (Wildman–Crippen MR) is 76.9 cm³/mol. The van der Waals surface area contributed by atoms with E-state index in [0.717, 1.165) is 18.2 Å². The molecule has 18 heavy (non-hydrogen) atoms. The molecule has 3 nitrogen and oxygen atoms in total. The summed E-state index contributed by atoms with van der Waals surface area (Å²) in [6.45, 7) is 8.91. The standard InChI is InChI=1S/C13H19ClN2OS/c1-13(2,3)9-4-5-16(7-9)12-15-10(8-18-12)11(17)6-14/h8-9H,4-7H2,1-3H3. The number of carbonyl (C=O) groups is 1. The van der Waals surface area contributed by atoms with E-state index in [1.165, 1.54) is 17.8 Å². The third-order valence-electron chi connectivity index (χ3n) is 3.58. The summed E-state index contributed by atoms with van der Waals surface area (Å²) in [6, 6.07) is 0. The smallest absolute Gasteiger partial charge is 0.196 e. The quantitative estimate of drug-likeness (QED) is 0.630. The van der Waals surface area contributed by atoms with E-state index in [1.54, 1.807) is 0 Å². The SMILES string of the molecule is CC(C)(C)C1CCN(c2nc(C(=O)CCl)cs2)C1. The molecule has 1 fully saturated rings. The van der Waals surface area contributed by atoms with Gasteiger partial charge in [0.2, 0.25) is 0 Å². The Bertz CT molecular complexity index is 438. The summed E-state index contributed by atoms with van der Waals surface area (Å²) in [5, 5.41) is 2.76. The van der Waals surface area contributed by atoms with Crippen molar-refractivity contribution in [3.05, 3.63) is 11.1 Å².